The van der Waals surface area contributed by atoms with E-state index in [1.54, 1.807) is 14.2 Å². The minimum Gasteiger partial charge on any atom is -0.493 e. The maximum absolute atomic E-state index is 13.4. The second kappa shape index (κ2) is 8.47. The summed E-state index contributed by atoms with van der Waals surface area (Å²) in [5.41, 5.74) is 3.58. The summed E-state index contributed by atoms with van der Waals surface area (Å²) in [4.78, 5) is 13.4. The zero-order chi connectivity index (χ0) is 22.8. The Balaban J connectivity index is 1.40. The van der Waals surface area contributed by atoms with Crippen molar-refractivity contribution in [2.75, 3.05) is 19.5 Å². The number of carbonyl (C=O) groups excluding carboxylic acids is 1. The number of anilines is 1. The van der Waals surface area contributed by atoms with Crippen LogP contribution in [0.15, 0.2) is 83.4 Å². The molecule has 4 aromatic rings. The lowest BCUT2D eigenvalue weighted by atomic mass is 9.98. The molecule has 0 spiro atoms. The zero-order valence-electron chi connectivity index (χ0n) is 18.5. The van der Waals surface area contributed by atoms with Crippen molar-refractivity contribution < 1.29 is 18.8 Å². The number of methoxy groups -OCH3 is 2. The van der Waals surface area contributed by atoms with Gasteiger partial charge in [0.15, 0.2) is 17.3 Å². The van der Waals surface area contributed by atoms with E-state index in [0.29, 0.717) is 23.0 Å². The summed E-state index contributed by atoms with van der Waals surface area (Å²) in [5.74, 6) is 1.74. The average Bonchev–Trinajstić information content (AvgIpc) is 3.54. The van der Waals surface area contributed by atoms with Crippen LogP contribution in [0.5, 0.6) is 11.5 Å². The number of ether oxygens (including phenoxy) is 2. The van der Waals surface area contributed by atoms with E-state index in [-0.39, 0.29) is 5.91 Å². The number of nitrogens with one attached hydrogen (secondary N) is 1. The normalized spacial score (nSPS) is 13.9. The molecule has 1 heterocycles. The number of para-hydroxylation sites is 1. The molecule has 1 amide bonds. The Kier molecular flexibility index (Phi) is 5.34. The number of nitrogens with zero attached hydrogens (tertiary/aromatic N) is 1. The summed E-state index contributed by atoms with van der Waals surface area (Å²) in [6.07, 6.45) is 1.45. The van der Waals surface area contributed by atoms with Gasteiger partial charge in [0, 0.05) is 22.9 Å². The summed E-state index contributed by atoms with van der Waals surface area (Å²) < 4.78 is 16.3. The van der Waals surface area contributed by atoms with Crippen molar-refractivity contribution in [3.63, 3.8) is 0 Å². The molecule has 1 fully saturated rings. The molecule has 3 aromatic carbocycles. The number of hydrogen-bond donors (Lipinski definition) is 1. The number of amides is 1. The van der Waals surface area contributed by atoms with Gasteiger partial charge < -0.3 is 19.3 Å². The quantitative estimate of drug-likeness (QED) is 0.399. The molecule has 1 N–H and O–H groups in total. The summed E-state index contributed by atoms with van der Waals surface area (Å²) in [6.45, 7) is 0. The molecular formula is C27H24N2O4. The summed E-state index contributed by atoms with van der Waals surface area (Å²) in [5, 5.41) is 7.40. The van der Waals surface area contributed by atoms with Gasteiger partial charge >= 0.3 is 0 Å². The van der Waals surface area contributed by atoms with Gasteiger partial charge in [-0.3, -0.25) is 4.79 Å². The molecule has 33 heavy (non-hydrogen) atoms. The predicted octanol–water partition coefficient (Wildman–Crippen LogP) is 5.70. The van der Waals surface area contributed by atoms with E-state index in [2.05, 4.69) is 10.5 Å². The highest BCUT2D eigenvalue weighted by Crippen LogP contribution is 2.49. The van der Waals surface area contributed by atoms with E-state index < -0.39 is 5.41 Å². The predicted molar refractivity (Wildman–Crippen MR) is 126 cm³/mol. The lowest BCUT2D eigenvalue weighted by molar-refractivity contribution is -0.118. The van der Waals surface area contributed by atoms with E-state index in [4.69, 9.17) is 14.0 Å². The first-order chi connectivity index (χ1) is 16.1. The van der Waals surface area contributed by atoms with E-state index in [9.17, 15) is 4.79 Å². The largest absolute Gasteiger partial charge is 0.493 e. The summed E-state index contributed by atoms with van der Waals surface area (Å²) in [6, 6.07) is 25.2. The van der Waals surface area contributed by atoms with Gasteiger partial charge in [0.25, 0.3) is 0 Å². The van der Waals surface area contributed by atoms with Crippen LogP contribution in [0.2, 0.25) is 0 Å². The Labute approximate surface area is 192 Å². The number of aromatic nitrogens is 1. The second-order valence-corrected chi connectivity index (χ2v) is 8.09. The molecule has 1 saturated carbocycles. The maximum atomic E-state index is 13.4. The molecule has 0 aliphatic heterocycles. The lowest BCUT2D eigenvalue weighted by Crippen LogP contribution is -2.28. The van der Waals surface area contributed by atoms with Crippen LogP contribution in [0.3, 0.4) is 0 Å². The van der Waals surface area contributed by atoms with Crippen LogP contribution in [-0.2, 0) is 10.2 Å². The average molecular weight is 440 g/mol. The van der Waals surface area contributed by atoms with Crippen molar-refractivity contribution in [2.24, 2.45) is 0 Å². The van der Waals surface area contributed by atoms with Crippen molar-refractivity contribution in [1.29, 1.82) is 0 Å². The summed E-state index contributed by atoms with van der Waals surface area (Å²) >= 11 is 0. The van der Waals surface area contributed by atoms with Crippen LogP contribution in [-0.4, -0.2) is 25.3 Å². The number of hydrogen-bond acceptors (Lipinski definition) is 5. The maximum Gasteiger partial charge on any atom is 0.236 e. The Morgan fingerprint density at radius 1 is 0.879 bits per heavy atom. The fraction of sp³-hybridized carbons (Fsp3) is 0.185. The Bertz CT molecular complexity index is 1290. The van der Waals surface area contributed by atoms with Crippen molar-refractivity contribution in [3.8, 4) is 33.9 Å². The molecule has 0 radical (unpaired) electrons. The molecule has 0 saturated heterocycles. The van der Waals surface area contributed by atoms with Gasteiger partial charge in [-0.05, 0) is 42.7 Å². The van der Waals surface area contributed by atoms with Crippen LogP contribution in [0.25, 0.3) is 22.5 Å². The van der Waals surface area contributed by atoms with Crippen molar-refractivity contribution in [2.45, 2.75) is 18.3 Å². The van der Waals surface area contributed by atoms with E-state index in [0.717, 1.165) is 35.2 Å². The first-order valence-electron chi connectivity index (χ1n) is 10.8. The molecule has 0 unspecified atom stereocenters. The third kappa shape index (κ3) is 3.84. The highest BCUT2D eigenvalue weighted by Gasteiger charge is 2.54. The molecule has 1 aliphatic rings. The molecule has 6 heteroatoms. The topological polar surface area (TPSA) is 73.6 Å². The third-order valence-corrected chi connectivity index (χ3v) is 6.11. The van der Waals surface area contributed by atoms with Crippen molar-refractivity contribution in [1.82, 2.24) is 5.16 Å². The second-order valence-electron chi connectivity index (χ2n) is 8.09. The Morgan fingerprint density at radius 3 is 2.33 bits per heavy atom. The Morgan fingerprint density at radius 2 is 1.61 bits per heavy atom. The van der Waals surface area contributed by atoms with Crippen LogP contribution in [0.1, 0.15) is 18.5 Å². The zero-order valence-corrected chi connectivity index (χ0v) is 18.5. The monoisotopic (exact) mass is 440 g/mol. The SMILES string of the molecule is COc1ccc(-c2cc(C3(C(=O)Nc4ccccc4-c4ccccc4)CC3)no2)cc1OC. The van der Waals surface area contributed by atoms with Gasteiger partial charge in [0.1, 0.15) is 0 Å². The molecule has 6 nitrogen and oxygen atoms in total. The molecule has 0 bridgehead atoms. The lowest BCUT2D eigenvalue weighted by Gasteiger charge is -2.15. The minimum atomic E-state index is -0.678. The first-order valence-corrected chi connectivity index (χ1v) is 10.8. The number of rotatable bonds is 7. The van der Waals surface area contributed by atoms with Gasteiger partial charge in [-0.2, -0.15) is 0 Å². The van der Waals surface area contributed by atoms with Crippen LogP contribution >= 0.6 is 0 Å². The van der Waals surface area contributed by atoms with E-state index >= 15 is 0 Å². The van der Waals surface area contributed by atoms with Gasteiger partial charge in [-0.1, -0.05) is 53.7 Å². The summed E-state index contributed by atoms with van der Waals surface area (Å²) in [7, 11) is 3.18. The standard InChI is InChI=1S/C27H24N2O4/c1-31-22-13-12-19(16-24(22)32-2)23-17-25(29-33-23)27(14-15-27)26(30)28-21-11-7-6-10-20(21)18-8-4-3-5-9-18/h3-13,16-17H,14-15H2,1-2H3,(H,28,30). The van der Waals surface area contributed by atoms with Crippen molar-refractivity contribution in [3.05, 3.63) is 84.6 Å². The molecule has 0 atom stereocenters. The molecule has 1 aliphatic carbocycles. The van der Waals surface area contributed by atoms with Gasteiger partial charge in [0.2, 0.25) is 5.91 Å². The van der Waals surface area contributed by atoms with Crippen LogP contribution in [0, 0.1) is 0 Å². The third-order valence-electron chi connectivity index (χ3n) is 6.11. The number of benzene rings is 3. The Hall–Kier alpha value is -4.06. The molecule has 166 valence electrons. The van der Waals surface area contributed by atoms with Crippen molar-refractivity contribution >= 4 is 11.6 Å². The highest BCUT2D eigenvalue weighted by atomic mass is 16.5. The number of carbonyl (C=O) groups is 1. The van der Waals surface area contributed by atoms with Gasteiger partial charge in [0.05, 0.1) is 25.3 Å². The first kappa shape index (κ1) is 20.8. The molecule has 1 aromatic heterocycles. The van der Waals surface area contributed by atoms with Crippen LogP contribution < -0.4 is 14.8 Å². The van der Waals surface area contributed by atoms with Crippen LogP contribution in [0.4, 0.5) is 5.69 Å². The van der Waals surface area contributed by atoms with E-state index in [1.807, 2.05) is 78.9 Å². The highest BCUT2D eigenvalue weighted by molar-refractivity contribution is 6.03. The van der Waals surface area contributed by atoms with E-state index in [1.165, 1.54) is 0 Å². The van der Waals surface area contributed by atoms with Gasteiger partial charge in [-0.15, -0.1) is 0 Å². The smallest absolute Gasteiger partial charge is 0.236 e. The fourth-order valence-corrected chi connectivity index (χ4v) is 4.05. The van der Waals surface area contributed by atoms with Gasteiger partial charge in [-0.25, -0.2) is 0 Å². The minimum absolute atomic E-state index is 0.0713. The fourth-order valence-electron chi connectivity index (χ4n) is 4.05. The molecule has 5 rings (SSSR count). The molecular weight excluding hydrogens is 416 g/mol.